The van der Waals surface area contributed by atoms with Crippen molar-refractivity contribution in [1.82, 2.24) is 0 Å². The van der Waals surface area contributed by atoms with Crippen LogP contribution >= 0.6 is 0 Å². The molecule has 0 aromatic rings. The van der Waals surface area contributed by atoms with Crippen molar-refractivity contribution in [2.75, 3.05) is 40.8 Å². The van der Waals surface area contributed by atoms with Crippen molar-refractivity contribution >= 4 is 12.0 Å². The minimum Gasteiger partial charge on any atom is -0.385 e. The number of hydrogen-bond acceptors (Lipinski definition) is 5. The Bertz CT molecular complexity index is 367. The highest BCUT2D eigenvalue weighted by atomic mass is 16.5. The summed E-state index contributed by atoms with van der Waals surface area (Å²) in [6.45, 7) is 4.67. The molecule has 0 fully saturated rings. The third kappa shape index (κ3) is 17.6. The number of allylic oxidation sites excluding steroid dienone is 1. The number of ketones is 1. The van der Waals surface area contributed by atoms with E-state index in [0.717, 1.165) is 57.5 Å². The van der Waals surface area contributed by atoms with Gasteiger partial charge < -0.3 is 14.2 Å². The topological polar surface area (TPSA) is 57.1 Å². The molecule has 0 aliphatic rings. The first-order chi connectivity index (χ1) is 12.2. The van der Waals surface area contributed by atoms with Crippen LogP contribution in [0.5, 0.6) is 0 Å². The molecule has 0 rings (SSSR count). The van der Waals surface area contributed by atoms with Crippen LogP contribution in [0.4, 0.5) is 0 Å². The second kappa shape index (κ2) is 19.3. The minimum atomic E-state index is 0.321. The first-order valence-corrected chi connectivity index (χ1v) is 9.50. The van der Waals surface area contributed by atoms with Gasteiger partial charge in [-0.25, -0.2) is 0 Å². The molecule has 0 aliphatic heterocycles. The Morgan fingerprint density at radius 1 is 0.920 bits per heavy atom. The number of unbranched alkanes of at least 4 members (excludes halogenated alkanes) is 3. The third-order valence-electron chi connectivity index (χ3n) is 3.83. The van der Waals surface area contributed by atoms with Gasteiger partial charge in [-0.2, -0.15) is 0 Å². The van der Waals surface area contributed by atoms with Crippen LogP contribution in [0.3, 0.4) is 0 Å². The molecule has 0 saturated heterocycles. The molecule has 0 spiro atoms. The largest absolute Gasteiger partial charge is 0.385 e. The van der Waals surface area contributed by atoms with Gasteiger partial charge in [-0.05, 0) is 37.7 Å². The summed E-state index contributed by atoms with van der Waals surface area (Å²) in [5, 5.41) is 0. The van der Waals surface area contributed by atoms with E-state index >= 15 is 0 Å². The van der Waals surface area contributed by atoms with Gasteiger partial charge in [0.25, 0.3) is 0 Å². The Kier molecular flexibility index (Phi) is 18.5. The van der Waals surface area contributed by atoms with Crippen LogP contribution in [0.15, 0.2) is 16.6 Å². The van der Waals surface area contributed by atoms with Gasteiger partial charge in [0, 0.05) is 46.5 Å². The van der Waals surface area contributed by atoms with Crippen molar-refractivity contribution in [3.63, 3.8) is 0 Å². The molecule has 5 heteroatoms. The van der Waals surface area contributed by atoms with Crippen LogP contribution in [0.2, 0.25) is 0 Å². The van der Waals surface area contributed by atoms with Gasteiger partial charge in [0.2, 0.25) is 0 Å². The number of rotatable bonds is 18. The van der Waals surface area contributed by atoms with Crippen molar-refractivity contribution in [3.8, 4) is 0 Å². The highest BCUT2D eigenvalue weighted by Crippen LogP contribution is 2.09. The predicted octanol–water partition coefficient (Wildman–Crippen LogP) is 4.35. The molecular formula is C20H37NO4. The lowest BCUT2D eigenvalue weighted by Gasteiger charge is -2.05. The zero-order valence-electron chi connectivity index (χ0n) is 16.4. The average Bonchev–Trinajstić information content (AvgIpc) is 2.62. The number of hydrogen-bond donors (Lipinski definition) is 0. The molecule has 0 heterocycles. The fourth-order valence-corrected chi connectivity index (χ4v) is 2.35. The summed E-state index contributed by atoms with van der Waals surface area (Å²) in [6, 6.07) is 0. The SMILES string of the molecule is CCC(=O)CCCC(=CCCOCCCCCCOC)/C=N\COC. The minimum absolute atomic E-state index is 0.321. The lowest BCUT2D eigenvalue weighted by Crippen LogP contribution is -1.99. The van der Waals surface area contributed by atoms with E-state index in [-0.39, 0.29) is 0 Å². The maximum absolute atomic E-state index is 11.4. The maximum atomic E-state index is 11.4. The van der Waals surface area contributed by atoms with E-state index in [1.807, 2.05) is 13.1 Å². The molecule has 0 aliphatic carbocycles. The summed E-state index contributed by atoms with van der Waals surface area (Å²) in [7, 11) is 3.37. The second-order valence-corrected chi connectivity index (χ2v) is 6.06. The Morgan fingerprint density at radius 2 is 1.68 bits per heavy atom. The van der Waals surface area contributed by atoms with Gasteiger partial charge in [-0.3, -0.25) is 9.79 Å². The number of methoxy groups -OCH3 is 2. The molecule has 0 N–H and O–H groups in total. The number of carbonyl (C=O) groups is 1. The van der Waals surface area contributed by atoms with Crippen molar-refractivity contribution < 1.29 is 19.0 Å². The molecule has 5 nitrogen and oxygen atoms in total. The first-order valence-electron chi connectivity index (χ1n) is 9.50. The number of nitrogens with zero attached hydrogens (tertiary/aromatic N) is 1. The predicted molar refractivity (Wildman–Crippen MR) is 103 cm³/mol. The van der Waals surface area contributed by atoms with Crippen LogP contribution in [-0.4, -0.2) is 52.8 Å². The monoisotopic (exact) mass is 355 g/mol. The highest BCUT2D eigenvalue weighted by Gasteiger charge is 2.00. The fraction of sp³-hybridized carbons (Fsp3) is 0.800. The third-order valence-corrected chi connectivity index (χ3v) is 3.83. The molecule has 0 amide bonds. The zero-order valence-corrected chi connectivity index (χ0v) is 16.4. The lowest BCUT2D eigenvalue weighted by atomic mass is 10.1. The summed E-state index contributed by atoms with van der Waals surface area (Å²) >= 11 is 0. The van der Waals surface area contributed by atoms with Crippen molar-refractivity contribution in [2.45, 2.75) is 64.7 Å². The van der Waals surface area contributed by atoms with Gasteiger partial charge in [0.1, 0.15) is 12.5 Å². The molecule has 0 unspecified atom stereocenters. The summed E-state index contributed by atoms with van der Waals surface area (Å²) < 4.78 is 15.7. The summed E-state index contributed by atoms with van der Waals surface area (Å²) in [5.41, 5.74) is 1.16. The van der Waals surface area contributed by atoms with E-state index in [4.69, 9.17) is 14.2 Å². The molecule has 0 bridgehead atoms. The Morgan fingerprint density at radius 3 is 2.36 bits per heavy atom. The van der Waals surface area contributed by atoms with E-state index in [0.29, 0.717) is 25.4 Å². The molecular weight excluding hydrogens is 318 g/mol. The Hall–Kier alpha value is -1.04. The van der Waals surface area contributed by atoms with Gasteiger partial charge in [-0.15, -0.1) is 0 Å². The molecule has 0 saturated carbocycles. The molecule has 0 atom stereocenters. The fourth-order valence-electron chi connectivity index (χ4n) is 2.35. The van der Waals surface area contributed by atoms with Crippen LogP contribution < -0.4 is 0 Å². The average molecular weight is 356 g/mol. The van der Waals surface area contributed by atoms with Crippen LogP contribution in [0.25, 0.3) is 0 Å². The van der Waals surface area contributed by atoms with Gasteiger partial charge in [-0.1, -0.05) is 25.8 Å². The first kappa shape index (κ1) is 24.0. The van der Waals surface area contributed by atoms with Crippen LogP contribution in [0, 0.1) is 0 Å². The standard InChI is InChI=1S/C20H37NO4/c1-4-20(22)13-9-11-19(17-21-18-24-3)12-10-16-25-15-8-6-5-7-14-23-2/h12,17H,4-11,13-16,18H2,1-3H3/b19-12?,21-17-. The van der Waals surface area contributed by atoms with Gasteiger partial charge in [0.05, 0.1) is 6.61 Å². The number of ether oxygens (including phenoxy) is 3. The summed E-state index contributed by atoms with van der Waals surface area (Å²) in [5.74, 6) is 0.321. The van der Waals surface area contributed by atoms with Gasteiger partial charge >= 0.3 is 0 Å². The van der Waals surface area contributed by atoms with E-state index in [1.165, 1.54) is 12.8 Å². The maximum Gasteiger partial charge on any atom is 0.137 e. The highest BCUT2D eigenvalue weighted by molar-refractivity contribution is 5.79. The molecule has 25 heavy (non-hydrogen) atoms. The smallest absolute Gasteiger partial charge is 0.137 e. The molecule has 0 aromatic carbocycles. The van der Waals surface area contributed by atoms with Crippen LogP contribution in [0.1, 0.15) is 64.7 Å². The lowest BCUT2D eigenvalue weighted by molar-refractivity contribution is -0.118. The van der Waals surface area contributed by atoms with Crippen molar-refractivity contribution in [1.29, 1.82) is 0 Å². The van der Waals surface area contributed by atoms with Crippen molar-refractivity contribution in [2.24, 2.45) is 4.99 Å². The second-order valence-electron chi connectivity index (χ2n) is 6.06. The molecule has 146 valence electrons. The van der Waals surface area contributed by atoms with Crippen LogP contribution in [-0.2, 0) is 19.0 Å². The number of carbonyl (C=O) groups excluding carboxylic acids is 1. The number of Topliss-reactive ketones (excluding diaryl/α,β-unsaturated/α-hetero) is 1. The van der Waals surface area contributed by atoms with E-state index in [2.05, 4.69) is 11.1 Å². The van der Waals surface area contributed by atoms with Crippen molar-refractivity contribution in [3.05, 3.63) is 11.6 Å². The molecule has 0 radical (unpaired) electrons. The normalized spacial score (nSPS) is 12.2. The van der Waals surface area contributed by atoms with E-state index in [9.17, 15) is 4.79 Å². The van der Waals surface area contributed by atoms with Gasteiger partial charge in [0.15, 0.2) is 0 Å². The Labute approximate surface area is 153 Å². The Balaban J connectivity index is 3.89. The quantitative estimate of drug-likeness (QED) is 0.271. The zero-order chi connectivity index (χ0) is 18.6. The molecule has 0 aromatic heterocycles. The van der Waals surface area contributed by atoms with E-state index in [1.54, 1.807) is 14.2 Å². The number of aliphatic imine (C=N–C) groups is 1. The van der Waals surface area contributed by atoms with E-state index < -0.39 is 0 Å². The summed E-state index contributed by atoms with van der Waals surface area (Å²) in [4.78, 5) is 15.6. The summed E-state index contributed by atoms with van der Waals surface area (Å²) in [6.07, 6.45) is 12.5.